The maximum Gasteiger partial charge on any atom is 0.426 e. The van der Waals surface area contributed by atoms with Crippen LogP contribution in [0.25, 0.3) is 6.08 Å². The molecule has 1 aromatic rings. The molecule has 1 aromatic carbocycles. The summed E-state index contributed by atoms with van der Waals surface area (Å²) in [4.78, 5) is 0. The van der Waals surface area contributed by atoms with E-state index in [1.54, 1.807) is 0 Å². The van der Waals surface area contributed by atoms with Gasteiger partial charge in [-0.1, -0.05) is 23.7 Å². The van der Waals surface area contributed by atoms with Crippen LogP contribution in [0.1, 0.15) is 11.1 Å². The molecule has 0 saturated carbocycles. The lowest BCUT2D eigenvalue weighted by molar-refractivity contribution is -0.0836. The summed E-state index contributed by atoms with van der Waals surface area (Å²) in [6, 6.07) is 3.87. The van der Waals surface area contributed by atoms with Crippen LogP contribution in [0.3, 0.4) is 0 Å². The van der Waals surface area contributed by atoms with Gasteiger partial charge in [-0.2, -0.15) is 13.2 Å². The van der Waals surface area contributed by atoms with E-state index in [1.807, 2.05) is 0 Å². The van der Waals surface area contributed by atoms with Crippen LogP contribution in [-0.4, -0.2) is 6.18 Å². The lowest BCUT2D eigenvalue weighted by Gasteiger charge is -2.06. The maximum absolute atomic E-state index is 13.0. The molecule has 0 aromatic heterocycles. The van der Waals surface area contributed by atoms with Gasteiger partial charge < -0.3 is 0 Å². The third-order valence-electron chi connectivity index (χ3n) is 1.86. The second kappa shape index (κ2) is 4.23. The Morgan fingerprint density at radius 3 is 2.47 bits per heavy atom. The fourth-order valence-corrected chi connectivity index (χ4v) is 1.12. The topological polar surface area (TPSA) is 0 Å². The van der Waals surface area contributed by atoms with Crippen LogP contribution in [0.15, 0.2) is 23.2 Å². The zero-order chi connectivity index (χ0) is 11.6. The van der Waals surface area contributed by atoms with Crippen molar-refractivity contribution in [3.8, 4) is 0 Å². The average molecular weight is 239 g/mol. The Morgan fingerprint density at radius 2 is 1.93 bits per heavy atom. The number of hydrogen-bond acceptors (Lipinski definition) is 0. The Kier molecular flexibility index (Phi) is 3.39. The fraction of sp³-hybridized carbons (Fsp3) is 0.200. The van der Waals surface area contributed by atoms with Crippen molar-refractivity contribution in [3.05, 3.63) is 40.2 Å². The average Bonchev–Trinajstić information content (AvgIpc) is 2.11. The molecule has 0 aliphatic rings. The minimum atomic E-state index is -4.60. The Labute approximate surface area is 89.2 Å². The monoisotopic (exact) mass is 238 g/mol. The Hall–Kier alpha value is -1.03. The van der Waals surface area contributed by atoms with Crippen LogP contribution in [0, 0.1) is 12.7 Å². The first-order valence-corrected chi connectivity index (χ1v) is 4.39. The molecule has 0 aliphatic heterocycles. The number of benzene rings is 1. The Balaban J connectivity index is 3.15. The van der Waals surface area contributed by atoms with E-state index >= 15 is 0 Å². The van der Waals surface area contributed by atoms with Gasteiger partial charge in [0.2, 0.25) is 0 Å². The highest BCUT2D eigenvalue weighted by Gasteiger charge is 2.32. The number of alkyl halides is 3. The SMILES string of the molecule is Cc1c(F)cccc1C=C(Cl)C(F)(F)F. The summed E-state index contributed by atoms with van der Waals surface area (Å²) >= 11 is 5.03. The van der Waals surface area contributed by atoms with E-state index in [0.29, 0.717) is 6.08 Å². The molecule has 0 N–H and O–H groups in total. The Bertz CT molecular complexity index is 393. The van der Waals surface area contributed by atoms with E-state index in [2.05, 4.69) is 0 Å². The molecule has 0 atom stereocenters. The smallest absolute Gasteiger partial charge is 0.207 e. The molecule has 0 nitrogen and oxygen atoms in total. The summed E-state index contributed by atoms with van der Waals surface area (Å²) in [5.41, 5.74) is 0.261. The standard InChI is InChI=1S/C10H7ClF4/c1-6-7(3-2-4-8(6)12)5-9(11)10(13,14)15/h2-5H,1H3. The van der Waals surface area contributed by atoms with Crippen LogP contribution < -0.4 is 0 Å². The van der Waals surface area contributed by atoms with Crippen LogP contribution in [0.5, 0.6) is 0 Å². The van der Waals surface area contributed by atoms with Crippen molar-refractivity contribution in [1.82, 2.24) is 0 Å². The molecular formula is C10H7ClF4. The van der Waals surface area contributed by atoms with Crippen molar-refractivity contribution < 1.29 is 17.6 Å². The molecule has 0 saturated heterocycles. The zero-order valence-electron chi connectivity index (χ0n) is 7.70. The van der Waals surface area contributed by atoms with Crippen molar-refractivity contribution >= 4 is 17.7 Å². The first-order valence-electron chi connectivity index (χ1n) is 4.02. The second-order valence-electron chi connectivity index (χ2n) is 2.94. The Morgan fingerprint density at radius 1 is 1.33 bits per heavy atom. The molecule has 0 unspecified atom stereocenters. The van der Waals surface area contributed by atoms with Gasteiger partial charge in [-0.25, -0.2) is 4.39 Å². The van der Waals surface area contributed by atoms with Crippen molar-refractivity contribution in [3.63, 3.8) is 0 Å². The lowest BCUT2D eigenvalue weighted by atomic mass is 10.1. The minimum absolute atomic E-state index is 0.123. The highest BCUT2D eigenvalue weighted by molar-refractivity contribution is 6.32. The molecule has 0 fully saturated rings. The van der Waals surface area contributed by atoms with Crippen molar-refractivity contribution in [1.29, 1.82) is 0 Å². The summed E-state index contributed by atoms with van der Waals surface area (Å²) in [6.45, 7) is 1.39. The first kappa shape index (κ1) is 12.0. The predicted molar refractivity (Wildman–Crippen MR) is 51.0 cm³/mol. The number of allylic oxidation sites excluding steroid dienone is 1. The van der Waals surface area contributed by atoms with Gasteiger partial charge in [0, 0.05) is 0 Å². The molecule has 0 aliphatic carbocycles. The van der Waals surface area contributed by atoms with Crippen molar-refractivity contribution in [2.45, 2.75) is 13.1 Å². The molecule has 0 spiro atoms. The minimum Gasteiger partial charge on any atom is -0.207 e. The fourth-order valence-electron chi connectivity index (χ4n) is 0.999. The van der Waals surface area contributed by atoms with Crippen LogP contribution in [-0.2, 0) is 0 Å². The molecule has 0 amide bonds. The highest BCUT2D eigenvalue weighted by atomic mass is 35.5. The van der Waals surface area contributed by atoms with Crippen molar-refractivity contribution in [2.24, 2.45) is 0 Å². The van der Waals surface area contributed by atoms with Gasteiger partial charge in [-0.05, 0) is 30.2 Å². The molecule has 0 heterocycles. The molecular weight excluding hydrogens is 232 g/mol. The van der Waals surface area contributed by atoms with Crippen LogP contribution >= 0.6 is 11.6 Å². The van der Waals surface area contributed by atoms with Gasteiger partial charge in [0.15, 0.2) is 0 Å². The normalized spacial score (nSPS) is 13.1. The van der Waals surface area contributed by atoms with E-state index in [9.17, 15) is 17.6 Å². The molecule has 5 heteroatoms. The maximum atomic E-state index is 13.0. The molecule has 82 valence electrons. The molecule has 15 heavy (non-hydrogen) atoms. The summed E-state index contributed by atoms with van der Waals surface area (Å²) < 4.78 is 49.2. The lowest BCUT2D eigenvalue weighted by Crippen LogP contribution is -2.06. The van der Waals surface area contributed by atoms with Gasteiger partial charge in [-0.15, -0.1) is 0 Å². The summed E-state index contributed by atoms with van der Waals surface area (Å²) in [7, 11) is 0. The van der Waals surface area contributed by atoms with Crippen molar-refractivity contribution in [2.75, 3.05) is 0 Å². The number of halogens is 5. The van der Waals surface area contributed by atoms with Gasteiger partial charge in [-0.3, -0.25) is 0 Å². The van der Waals surface area contributed by atoms with Gasteiger partial charge in [0.05, 0.1) is 0 Å². The van der Waals surface area contributed by atoms with Crippen LogP contribution in [0.2, 0.25) is 0 Å². The summed E-state index contributed by atoms with van der Waals surface area (Å²) in [5.74, 6) is -0.560. The zero-order valence-corrected chi connectivity index (χ0v) is 8.46. The highest BCUT2D eigenvalue weighted by Crippen LogP contribution is 2.31. The summed E-state index contributed by atoms with van der Waals surface area (Å²) in [6.07, 6.45) is -3.89. The van der Waals surface area contributed by atoms with E-state index in [1.165, 1.54) is 25.1 Å². The van der Waals surface area contributed by atoms with E-state index < -0.39 is 17.0 Å². The van der Waals surface area contributed by atoms with Gasteiger partial charge >= 0.3 is 6.18 Å². The van der Waals surface area contributed by atoms with Crippen LogP contribution in [0.4, 0.5) is 17.6 Å². The largest absolute Gasteiger partial charge is 0.426 e. The third kappa shape index (κ3) is 2.96. The second-order valence-corrected chi connectivity index (χ2v) is 3.35. The quantitative estimate of drug-likeness (QED) is 0.641. The number of hydrogen-bond donors (Lipinski definition) is 0. The van der Waals surface area contributed by atoms with E-state index in [4.69, 9.17) is 11.6 Å². The summed E-state index contributed by atoms with van der Waals surface area (Å²) in [5, 5.41) is -1.27. The van der Waals surface area contributed by atoms with Gasteiger partial charge in [0.25, 0.3) is 0 Å². The first-order chi connectivity index (χ1) is 6.82. The third-order valence-corrected chi connectivity index (χ3v) is 2.19. The number of rotatable bonds is 1. The molecule has 0 bridgehead atoms. The molecule has 0 radical (unpaired) electrons. The van der Waals surface area contributed by atoms with Gasteiger partial charge in [0.1, 0.15) is 10.8 Å². The molecule has 1 rings (SSSR count). The predicted octanol–water partition coefficient (Wildman–Crippen LogP) is 4.28. The van der Waals surface area contributed by atoms with E-state index in [0.717, 1.165) is 0 Å². The van der Waals surface area contributed by atoms with E-state index in [-0.39, 0.29) is 11.1 Å².